The Morgan fingerprint density at radius 2 is 2.21 bits per heavy atom. The van der Waals surface area contributed by atoms with E-state index in [0.29, 0.717) is 25.7 Å². The zero-order chi connectivity index (χ0) is 16.5. The second-order valence-corrected chi connectivity index (χ2v) is 6.70. The number of nitrogens with one attached hydrogen (secondary N) is 1. The van der Waals surface area contributed by atoms with E-state index in [0.717, 1.165) is 24.2 Å². The molecule has 0 saturated carbocycles. The van der Waals surface area contributed by atoms with Crippen molar-refractivity contribution in [1.29, 1.82) is 0 Å². The van der Waals surface area contributed by atoms with Gasteiger partial charge < -0.3 is 19.5 Å². The summed E-state index contributed by atoms with van der Waals surface area (Å²) in [5.41, 5.74) is 3.21. The van der Waals surface area contributed by atoms with Crippen molar-refractivity contribution in [1.82, 2.24) is 14.5 Å². The number of piperidine rings is 1. The lowest BCUT2D eigenvalue weighted by atomic mass is 9.93. The van der Waals surface area contributed by atoms with Crippen LogP contribution in [0, 0.1) is 5.92 Å². The Hall–Kier alpha value is -2.34. The number of hydrogen-bond acceptors (Lipinski definition) is 3. The largest absolute Gasteiger partial charge is 0.372 e. The van der Waals surface area contributed by atoms with Crippen LogP contribution in [0.2, 0.25) is 0 Å². The van der Waals surface area contributed by atoms with Crippen molar-refractivity contribution in [3.05, 3.63) is 48.0 Å². The third-order valence-corrected chi connectivity index (χ3v) is 5.09. The first-order valence-electron chi connectivity index (χ1n) is 8.43. The molecule has 2 atom stereocenters. The molecule has 6 heteroatoms. The topological polar surface area (TPSA) is 59.4 Å². The molecule has 1 saturated heterocycles. The van der Waals surface area contributed by atoms with Crippen LogP contribution in [0.3, 0.4) is 0 Å². The molecule has 3 heterocycles. The SMILES string of the molecule is C[C@@H]1CCN(C(=O)Nc2ccc3c(c2)COC3)C[C@@H]1n1ccnc1. The number of hydrogen-bond donors (Lipinski definition) is 1. The second kappa shape index (κ2) is 6.28. The smallest absolute Gasteiger partial charge is 0.321 e. The van der Waals surface area contributed by atoms with Gasteiger partial charge in [0.1, 0.15) is 0 Å². The summed E-state index contributed by atoms with van der Waals surface area (Å²) in [4.78, 5) is 18.7. The number of nitrogens with zero attached hydrogens (tertiary/aromatic N) is 3. The van der Waals surface area contributed by atoms with E-state index in [9.17, 15) is 4.79 Å². The van der Waals surface area contributed by atoms with E-state index < -0.39 is 0 Å². The number of carbonyl (C=O) groups excluding carboxylic acids is 1. The summed E-state index contributed by atoms with van der Waals surface area (Å²) in [6.07, 6.45) is 6.60. The van der Waals surface area contributed by atoms with Gasteiger partial charge in [-0.3, -0.25) is 0 Å². The fraction of sp³-hybridized carbons (Fsp3) is 0.444. The van der Waals surface area contributed by atoms with E-state index in [1.54, 1.807) is 6.20 Å². The number of imidazole rings is 1. The average Bonchev–Trinajstić information content (AvgIpc) is 3.26. The summed E-state index contributed by atoms with van der Waals surface area (Å²) in [6.45, 7) is 5.02. The van der Waals surface area contributed by atoms with E-state index in [1.165, 1.54) is 5.56 Å². The van der Waals surface area contributed by atoms with E-state index in [-0.39, 0.29) is 12.1 Å². The number of rotatable bonds is 2. The fourth-order valence-electron chi connectivity index (χ4n) is 3.54. The van der Waals surface area contributed by atoms with Crippen molar-refractivity contribution < 1.29 is 9.53 Å². The summed E-state index contributed by atoms with van der Waals surface area (Å²) in [5.74, 6) is 0.528. The maximum atomic E-state index is 12.6. The number of aromatic nitrogens is 2. The number of ether oxygens (including phenoxy) is 1. The van der Waals surface area contributed by atoms with E-state index in [1.807, 2.05) is 35.6 Å². The lowest BCUT2D eigenvalue weighted by Gasteiger charge is -2.37. The number of amides is 2. The molecule has 2 aromatic rings. The first-order valence-corrected chi connectivity index (χ1v) is 8.43. The highest BCUT2D eigenvalue weighted by molar-refractivity contribution is 5.89. The highest BCUT2D eigenvalue weighted by Crippen LogP contribution is 2.28. The maximum absolute atomic E-state index is 12.6. The van der Waals surface area contributed by atoms with Crippen LogP contribution in [0.4, 0.5) is 10.5 Å². The van der Waals surface area contributed by atoms with Crippen LogP contribution in [-0.2, 0) is 18.0 Å². The van der Waals surface area contributed by atoms with Crippen molar-refractivity contribution in [2.24, 2.45) is 5.92 Å². The molecule has 24 heavy (non-hydrogen) atoms. The number of urea groups is 1. The zero-order valence-corrected chi connectivity index (χ0v) is 13.8. The Kier molecular flexibility index (Phi) is 3.98. The fourth-order valence-corrected chi connectivity index (χ4v) is 3.54. The van der Waals surface area contributed by atoms with Crippen molar-refractivity contribution >= 4 is 11.7 Å². The molecule has 1 aromatic carbocycles. The Morgan fingerprint density at radius 1 is 1.33 bits per heavy atom. The van der Waals surface area contributed by atoms with Gasteiger partial charge in [-0.1, -0.05) is 13.0 Å². The quantitative estimate of drug-likeness (QED) is 0.923. The summed E-state index contributed by atoms with van der Waals surface area (Å²) in [6, 6.07) is 6.24. The van der Waals surface area contributed by atoms with Gasteiger partial charge in [0, 0.05) is 31.2 Å². The van der Waals surface area contributed by atoms with Crippen LogP contribution in [0.5, 0.6) is 0 Å². The molecule has 0 aliphatic carbocycles. The lowest BCUT2D eigenvalue weighted by molar-refractivity contribution is 0.134. The number of carbonyl (C=O) groups is 1. The molecule has 0 unspecified atom stereocenters. The highest BCUT2D eigenvalue weighted by Gasteiger charge is 2.30. The molecule has 2 amide bonds. The predicted molar refractivity (Wildman–Crippen MR) is 90.6 cm³/mol. The molecule has 4 rings (SSSR count). The zero-order valence-electron chi connectivity index (χ0n) is 13.8. The maximum Gasteiger partial charge on any atom is 0.321 e. The highest BCUT2D eigenvalue weighted by atomic mass is 16.5. The normalized spacial score (nSPS) is 23.1. The minimum Gasteiger partial charge on any atom is -0.372 e. The number of fused-ring (bicyclic) bond motifs is 1. The molecular formula is C18H22N4O2. The molecule has 6 nitrogen and oxygen atoms in total. The van der Waals surface area contributed by atoms with Gasteiger partial charge in [-0.15, -0.1) is 0 Å². The standard InChI is InChI=1S/C18H22N4O2/c1-13-4-6-21(9-17(13)22-7-5-19-12-22)18(23)20-16-3-2-14-10-24-11-15(14)8-16/h2-3,5,7-8,12-13,17H,4,6,9-11H2,1H3,(H,20,23)/t13-,17+/m1/s1. The minimum atomic E-state index is -0.0362. The first-order chi connectivity index (χ1) is 11.7. The molecule has 2 aliphatic rings. The molecule has 0 bridgehead atoms. The van der Waals surface area contributed by atoms with Crippen LogP contribution in [-0.4, -0.2) is 33.6 Å². The Morgan fingerprint density at radius 3 is 3.04 bits per heavy atom. The molecular weight excluding hydrogens is 304 g/mol. The van der Waals surface area contributed by atoms with Gasteiger partial charge in [0.05, 0.1) is 25.6 Å². The van der Waals surface area contributed by atoms with E-state index >= 15 is 0 Å². The predicted octanol–water partition coefficient (Wildman–Crippen LogP) is 3.03. The van der Waals surface area contributed by atoms with Gasteiger partial charge in [0.15, 0.2) is 0 Å². The third-order valence-electron chi connectivity index (χ3n) is 5.09. The second-order valence-electron chi connectivity index (χ2n) is 6.70. The number of likely N-dealkylation sites (tertiary alicyclic amines) is 1. The van der Waals surface area contributed by atoms with Crippen molar-refractivity contribution in [2.75, 3.05) is 18.4 Å². The molecule has 0 spiro atoms. The average molecular weight is 326 g/mol. The molecule has 126 valence electrons. The van der Waals surface area contributed by atoms with Gasteiger partial charge in [-0.25, -0.2) is 9.78 Å². The molecule has 2 aliphatic heterocycles. The van der Waals surface area contributed by atoms with Crippen LogP contribution in [0.25, 0.3) is 0 Å². The Balaban J connectivity index is 1.44. The van der Waals surface area contributed by atoms with Crippen LogP contribution < -0.4 is 5.32 Å². The molecule has 1 fully saturated rings. The Bertz CT molecular complexity index is 729. The van der Waals surface area contributed by atoms with Gasteiger partial charge in [-0.2, -0.15) is 0 Å². The van der Waals surface area contributed by atoms with E-state index in [2.05, 4.69) is 21.8 Å². The molecule has 1 N–H and O–H groups in total. The third kappa shape index (κ3) is 2.89. The van der Waals surface area contributed by atoms with E-state index in [4.69, 9.17) is 4.74 Å². The van der Waals surface area contributed by atoms with Gasteiger partial charge in [0.2, 0.25) is 0 Å². The summed E-state index contributed by atoms with van der Waals surface area (Å²) >= 11 is 0. The van der Waals surface area contributed by atoms with Crippen molar-refractivity contribution in [3.8, 4) is 0 Å². The van der Waals surface area contributed by atoms with Crippen molar-refractivity contribution in [2.45, 2.75) is 32.6 Å². The molecule has 1 aromatic heterocycles. The van der Waals surface area contributed by atoms with Gasteiger partial charge >= 0.3 is 6.03 Å². The number of anilines is 1. The van der Waals surface area contributed by atoms with Crippen LogP contribution in [0.15, 0.2) is 36.9 Å². The first kappa shape index (κ1) is 15.2. The van der Waals surface area contributed by atoms with Crippen LogP contribution in [0.1, 0.15) is 30.5 Å². The summed E-state index contributed by atoms with van der Waals surface area (Å²) in [5, 5.41) is 3.03. The van der Waals surface area contributed by atoms with Gasteiger partial charge in [-0.05, 0) is 35.6 Å². The van der Waals surface area contributed by atoms with Crippen LogP contribution >= 0.6 is 0 Å². The Labute approximate surface area is 141 Å². The van der Waals surface area contributed by atoms with Crippen molar-refractivity contribution in [3.63, 3.8) is 0 Å². The minimum absolute atomic E-state index is 0.0362. The number of benzene rings is 1. The lowest BCUT2D eigenvalue weighted by Crippen LogP contribution is -2.45. The monoisotopic (exact) mass is 326 g/mol. The molecule has 0 radical (unpaired) electrons. The van der Waals surface area contributed by atoms with Gasteiger partial charge in [0.25, 0.3) is 0 Å². The summed E-state index contributed by atoms with van der Waals surface area (Å²) in [7, 11) is 0. The summed E-state index contributed by atoms with van der Waals surface area (Å²) < 4.78 is 7.53.